The highest BCUT2D eigenvalue weighted by molar-refractivity contribution is 6.21. The zero-order chi connectivity index (χ0) is 14.6. The molecule has 0 N–H and O–H groups in total. The van der Waals surface area contributed by atoms with E-state index in [0.717, 1.165) is 5.56 Å². The topological polar surface area (TPSA) is 40.4 Å². The van der Waals surface area contributed by atoms with Gasteiger partial charge >= 0.3 is 0 Å². The first-order chi connectivity index (χ1) is 10.2. The van der Waals surface area contributed by atoms with E-state index in [0.29, 0.717) is 11.1 Å². The lowest BCUT2D eigenvalue weighted by Crippen LogP contribution is -2.36. The summed E-state index contributed by atoms with van der Waals surface area (Å²) >= 11 is 0. The molecule has 1 saturated heterocycles. The predicted octanol–water partition coefficient (Wildman–Crippen LogP) is 2.64. The van der Waals surface area contributed by atoms with Crippen LogP contribution in [-0.2, 0) is 0 Å². The summed E-state index contributed by atoms with van der Waals surface area (Å²) in [5.41, 5.74) is 2.11. The van der Waals surface area contributed by atoms with Crippen molar-refractivity contribution < 1.29 is 9.59 Å². The van der Waals surface area contributed by atoms with Crippen LogP contribution in [0, 0.1) is 0 Å². The standard InChI is InChI=1S/C17H14N2O2/c1-11-15(12-7-3-2-4-8-12)18(11)19-16(20)13-9-5-6-10-14(13)17(19)21/h2-11,15H,1H3/t11-,15+,18?/m1/s1. The largest absolute Gasteiger partial charge is 0.276 e. The highest BCUT2D eigenvalue weighted by atomic mass is 16.2. The van der Waals surface area contributed by atoms with Crippen LogP contribution in [0.2, 0.25) is 0 Å². The van der Waals surface area contributed by atoms with Crippen LogP contribution in [-0.4, -0.2) is 27.9 Å². The van der Waals surface area contributed by atoms with Crippen molar-refractivity contribution in [2.75, 3.05) is 0 Å². The Morgan fingerprint density at radius 1 is 0.810 bits per heavy atom. The molecule has 0 aromatic heterocycles. The van der Waals surface area contributed by atoms with Gasteiger partial charge in [0.1, 0.15) is 0 Å². The number of rotatable bonds is 2. The van der Waals surface area contributed by atoms with E-state index in [2.05, 4.69) is 0 Å². The first kappa shape index (κ1) is 12.3. The normalized spacial score (nSPS) is 26.9. The van der Waals surface area contributed by atoms with Gasteiger partial charge in [0, 0.05) is 6.04 Å². The molecule has 4 rings (SSSR count). The lowest BCUT2D eigenvalue weighted by molar-refractivity contribution is 0.0346. The molecule has 2 aliphatic heterocycles. The minimum absolute atomic E-state index is 0.0911. The maximum atomic E-state index is 12.5. The molecule has 2 amide bonds. The zero-order valence-corrected chi connectivity index (χ0v) is 11.6. The van der Waals surface area contributed by atoms with E-state index in [1.165, 1.54) is 5.01 Å². The quantitative estimate of drug-likeness (QED) is 0.626. The maximum absolute atomic E-state index is 12.5. The summed E-state index contributed by atoms with van der Waals surface area (Å²) in [6.07, 6.45) is 0. The lowest BCUT2D eigenvalue weighted by Gasteiger charge is -2.16. The Bertz CT molecular complexity index is 706. The molecule has 2 heterocycles. The number of amides is 2. The number of hydrogen-bond acceptors (Lipinski definition) is 3. The Kier molecular flexibility index (Phi) is 2.50. The molecule has 0 saturated carbocycles. The monoisotopic (exact) mass is 278 g/mol. The summed E-state index contributed by atoms with van der Waals surface area (Å²) < 4.78 is 0. The third-order valence-electron chi connectivity index (χ3n) is 4.21. The minimum Gasteiger partial charge on any atom is -0.267 e. The Morgan fingerprint density at radius 3 is 1.90 bits per heavy atom. The lowest BCUT2D eigenvalue weighted by atomic mass is 10.1. The molecule has 4 nitrogen and oxygen atoms in total. The summed E-state index contributed by atoms with van der Waals surface area (Å²) in [6.45, 7) is 2.03. The van der Waals surface area contributed by atoms with Crippen molar-refractivity contribution in [2.24, 2.45) is 0 Å². The molecule has 4 heteroatoms. The Morgan fingerprint density at radius 2 is 1.33 bits per heavy atom. The summed E-state index contributed by atoms with van der Waals surface area (Å²) in [7, 11) is 0. The molecule has 104 valence electrons. The van der Waals surface area contributed by atoms with Crippen LogP contribution in [0.15, 0.2) is 54.6 Å². The molecule has 3 atom stereocenters. The van der Waals surface area contributed by atoms with Crippen LogP contribution in [0.3, 0.4) is 0 Å². The Hall–Kier alpha value is -2.46. The number of hydrogen-bond donors (Lipinski definition) is 0. The summed E-state index contributed by atoms with van der Waals surface area (Å²) in [4.78, 5) is 24.9. The van der Waals surface area contributed by atoms with Crippen molar-refractivity contribution in [1.29, 1.82) is 0 Å². The zero-order valence-electron chi connectivity index (χ0n) is 11.6. The van der Waals surface area contributed by atoms with Crippen LogP contribution in [0.1, 0.15) is 39.2 Å². The van der Waals surface area contributed by atoms with Gasteiger partial charge in [0.25, 0.3) is 11.8 Å². The first-order valence-electron chi connectivity index (χ1n) is 7.01. The number of benzene rings is 2. The molecule has 1 fully saturated rings. The van der Waals surface area contributed by atoms with Gasteiger partial charge in [-0.25, -0.2) is 5.01 Å². The molecule has 0 spiro atoms. The fourth-order valence-electron chi connectivity index (χ4n) is 3.11. The average molecular weight is 278 g/mol. The minimum atomic E-state index is -0.221. The van der Waals surface area contributed by atoms with Crippen molar-refractivity contribution in [3.8, 4) is 0 Å². The van der Waals surface area contributed by atoms with Crippen molar-refractivity contribution in [2.45, 2.75) is 19.0 Å². The van der Waals surface area contributed by atoms with E-state index in [1.54, 1.807) is 24.3 Å². The molecule has 0 bridgehead atoms. The van der Waals surface area contributed by atoms with Gasteiger partial charge in [0.05, 0.1) is 17.2 Å². The van der Waals surface area contributed by atoms with Crippen molar-refractivity contribution in [3.63, 3.8) is 0 Å². The van der Waals surface area contributed by atoms with Crippen LogP contribution >= 0.6 is 0 Å². The average Bonchev–Trinajstić information content (AvgIpc) is 3.11. The van der Waals surface area contributed by atoms with Gasteiger partial charge in [-0.3, -0.25) is 9.59 Å². The summed E-state index contributed by atoms with van der Waals surface area (Å²) in [6, 6.07) is 17.2. The van der Waals surface area contributed by atoms with E-state index in [9.17, 15) is 9.59 Å². The van der Waals surface area contributed by atoms with Crippen molar-refractivity contribution in [1.82, 2.24) is 10.0 Å². The number of hydrazine groups is 1. The van der Waals surface area contributed by atoms with Crippen LogP contribution in [0.25, 0.3) is 0 Å². The number of imide groups is 1. The van der Waals surface area contributed by atoms with Gasteiger partial charge in [-0.15, -0.1) is 0 Å². The molecule has 2 aromatic carbocycles. The SMILES string of the molecule is C[C@@H]1[C@@H](c2ccccc2)N1N1C(=O)c2ccccc2C1=O. The van der Waals surface area contributed by atoms with Crippen molar-refractivity contribution >= 4 is 11.8 Å². The number of carbonyl (C=O) groups is 2. The molecule has 0 radical (unpaired) electrons. The highest BCUT2D eigenvalue weighted by Gasteiger charge is 2.55. The second-order valence-electron chi connectivity index (χ2n) is 5.44. The second-order valence-corrected chi connectivity index (χ2v) is 5.44. The van der Waals surface area contributed by atoms with Crippen LogP contribution < -0.4 is 0 Å². The molecule has 2 aliphatic rings. The van der Waals surface area contributed by atoms with E-state index in [1.807, 2.05) is 42.3 Å². The molecule has 2 aromatic rings. The van der Waals surface area contributed by atoms with Crippen LogP contribution in [0.4, 0.5) is 0 Å². The molecular formula is C17H14N2O2. The van der Waals surface area contributed by atoms with E-state index in [-0.39, 0.29) is 23.9 Å². The third-order valence-corrected chi connectivity index (χ3v) is 4.21. The molecule has 0 aliphatic carbocycles. The van der Waals surface area contributed by atoms with E-state index < -0.39 is 0 Å². The van der Waals surface area contributed by atoms with E-state index >= 15 is 0 Å². The third kappa shape index (κ3) is 1.66. The molecular weight excluding hydrogens is 264 g/mol. The van der Waals surface area contributed by atoms with Gasteiger partial charge in [0.15, 0.2) is 0 Å². The van der Waals surface area contributed by atoms with Gasteiger partial charge in [-0.2, -0.15) is 5.01 Å². The van der Waals surface area contributed by atoms with Crippen LogP contribution in [0.5, 0.6) is 0 Å². The maximum Gasteiger partial charge on any atom is 0.276 e. The number of fused-ring (bicyclic) bond motifs is 1. The van der Waals surface area contributed by atoms with Gasteiger partial charge in [-0.1, -0.05) is 42.5 Å². The number of nitrogens with zero attached hydrogens (tertiary/aromatic N) is 2. The fraction of sp³-hybridized carbons (Fsp3) is 0.176. The smallest absolute Gasteiger partial charge is 0.267 e. The summed E-state index contributed by atoms with van der Waals surface area (Å²) in [5, 5.41) is 3.16. The van der Waals surface area contributed by atoms with Gasteiger partial charge in [0.2, 0.25) is 0 Å². The molecule has 1 unspecified atom stereocenters. The second kappa shape index (κ2) is 4.27. The highest BCUT2D eigenvalue weighted by Crippen LogP contribution is 2.46. The van der Waals surface area contributed by atoms with E-state index in [4.69, 9.17) is 0 Å². The summed E-state index contributed by atoms with van der Waals surface area (Å²) in [5.74, 6) is -0.443. The van der Waals surface area contributed by atoms with Crippen molar-refractivity contribution in [3.05, 3.63) is 71.3 Å². The van der Waals surface area contributed by atoms with Gasteiger partial charge in [-0.05, 0) is 24.6 Å². The van der Waals surface area contributed by atoms with Gasteiger partial charge < -0.3 is 0 Å². The molecule has 21 heavy (non-hydrogen) atoms. The Labute approximate surface area is 122 Å². The number of carbonyl (C=O) groups excluding carboxylic acids is 2. The fourth-order valence-corrected chi connectivity index (χ4v) is 3.11. The first-order valence-corrected chi connectivity index (χ1v) is 7.01. The Balaban J connectivity index is 1.68. The predicted molar refractivity (Wildman–Crippen MR) is 77.4 cm³/mol.